The molecule has 146 valence electrons. The van der Waals surface area contributed by atoms with Gasteiger partial charge < -0.3 is 18.8 Å². The molecule has 1 amide bonds. The van der Waals surface area contributed by atoms with Gasteiger partial charge in [-0.05, 0) is 31.2 Å². The topological polar surface area (TPSA) is 62.1 Å². The fourth-order valence-electron chi connectivity index (χ4n) is 2.80. The number of aromatic nitrogens is 1. The predicted octanol–water partition coefficient (Wildman–Crippen LogP) is 4.05. The van der Waals surface area contributed by atoms with Crippen LogP contribution in [0.25, 0.3) is 10.2 Å². The number of amides is 1. The van der Waals surface area contributed by atoms with Crippen LogP contribution in [0.1, 0.15) is 17.3 Å². The summed E-state index contributed by atoms with van der Waals surface area (Å²) in [7, 11) is 3.18. The van der Waals surface area contributed by atoms with Crippen LogP contribution in [0.4, 0.5) is 0 Å². The van der Waals surface area contributed by atoms with Crippen LogP contribution in [-0.2, 0) is 6.54 Å². The van der Waals surface area contributed by atoms with Gasteiger partial charge in [-0.25, -0.2) is 0 Å². The van der Waals surface area contributed by atoms with Crippen molar-refractivity contribution in [1.82, 2.24) is 4.57 Å². The Balaban J connectivity index is 2.08. The number of allylic oxidation sites excluding steroid dienone is 1. The molecule has 0 aliphatic carbocycles. The fourth-order valence-corrected chi connectivity index (χ4v) is 3.85. The first-order valence-electron chi connectivity index (χ1n) is 8.79. The van der Waals surface area contributed by atoms with E-state index in [2.05, 4.69) is 11.6 Å². The predicted molar refractivity (Wildman–Crippen MR) is 111 cm³/mol. The molecule has 0 saturated carbocycles. The molecule has 2 aromatic carbocycles. The quantitative estimate of drug-likeness (QED) is 0.564. The molecule has 7 heteroatoms. The number of hydrogen-bond acceptors (Lipinski definition) is 5. The molecule has 0 aliphatic rings. The Kier molecular flexibility index (Phi) is 6.16. The summed E-state index contributed by atoms with van der Waals surface area (Å²) in [5.74, 6) is 1.66. The van der Waals surface area contributed by atoms with Crippen LogP contribution >= 0.6 is 11.3 Å². The molecule has 6 nitrogen and oxygen atoms in total. The van der Waals surface area contributed by atoms with E-state index in [1.54, 1.807) is 44.6 Å². The van der Waals surface area contributed by atoms with Crippen molar-refractivity contribution >= 4 is 27.5 Å². The van der Waals surface area contributed by atoms with E-state index in [1.807, 2.05) is 23.6 Å². The lowest BCUT2D eigenvalue weighted by molar-refractivity contribution is 0.0998. The van der Waals surface area contributed by atoms with E-state index < -0.39 is 0 Å². The summed E-state index contributed by atoms with van der Waals surface area (Å²) in [6.07, 6.45) is 1.77. The number of ether oxygens (including phenoxy) is 3. The van der Waals surface area contributed by atoms with Gasteiger partial charge in [0.05, 0.1) is 31.0 Å². The lowest BCUT2D eigenvalue weighted by Gasteiger charge is -2.08. The Hall–Kier alpha value is -3.06. The third-order valence-electron chi connectivity index (χ3n) is 4.11. The zero-order valence-electron chi connectivity index (χ0n) is 16.1. The molecule has 0 aliphatic heterocycles. The normalized spacial score (nSPS) is 11.5. The number of carbonyl (C=O) groups excluding carboxylic acids is 1. The third kappa shape index (κ3) is 3.94. The van der Waals surface area contributed by atoms with Gasteiger partial charge in [0.2, 0.25) is 0 Å². The third-order valence-corrected chi connectivity index (χ3v) is 5.15. The zero-order valence-corrected chi connectivity index (χ0v) is 16.9. The van der Waals surface area contributed by atoms with Crippen molar-refractivity contribution in [2.75, 3.05) is 20.8 Å². The number of rotatable bonds is 7. The van der Waals surface area contributed by atoms with Gasteiger partial charge in [-0.2, -0.15) is 4.99 Å². The van der Waals surface area contributed by atoms with Crippen molar-refractivity contribution < 1.29 is 19.0 Å². The van der Waals surface area contributed by atoms with Gasteiger partial charge in [0, 0.05) is 24.2 Å². The molecule has 0 saturated heterocycles. The Morgan fingerprint density at radius 3 is 2.46 bits per heavy atom. The Morgan fingerprint density at radius 1 is 1.18 bits per heavy atom. The Bertz CT molecular complexity index is 1060. The van der Waals surface area contributed by atoms with Crippen molar-refractivity contribution in [3.05, 3.63) is 59.4 Å². The van der Waals surface area contributed by atoms with Gasteiger partial charge >= 0.3 is 0 Å². The van der Waals surface area contributed by atoms with E-state index in [0.29, 0.717) is 35.0 Å². The lowest BCUT2D eigenvalue weighted by atomic mass is 10.2. The van der Waals surface area contributed by atoms with Crippen molar-refractivity contribution in [2.45, 2.75) is 13.5 Å². The minimum absolute atomic E-state index is 0.314. The maximum absolute atomic E-state index is 12.7. The van der Waals surface area contributed by atoms with E-state index in [-0.39, 0.29) is 5.91 Å². The molecule has 3 aromatic rings. The number of benzene rings is 2. The lowest BCUT2D eigenvalue weighted by Crippen LogP contribution is -2.16. The first kappa shape index (κ1) is 19.7. The van der Waals surface area contributed by atoms with Crippen LogP contribution in [0, 0.1) is 0 Å². The molecule has 1 aromatic heterocycles. The average molecular weight is 398 g/mol. The SMILES string of the molecule is C=CCn1c(=NC(=O)c2ccc(OCC)cc2)sc2cc(OC)c(OC)cc21. The summed E-state index contributed by atoms with van der Waals surface area (Å²) in [6, 6.07) is 10.7. The smallest absolute Gasteiger partial charge is 0.279 e. The number of thiazole rings is 1. The largest absolute Gasteiger partial charge is 0.494 e. The molecule has 0 spiro atoms. The number of methoxy groups -OCH3 is 2. The maximum Gasteiger partial charge on any atom is 0.279 e. The van der Waals surface area contributed by atoms with Crippen LogP contribution < -0.4 is 19.0 Å². The minimum Gasteiger partial charge on any atom is -0.494 e. The van der Waals surface area contributed by atoms with Gasteiger partial charge in [0.1, 0.15) is 5.75 Å². The summed E-state index contributed by atoms with van der Waals surface area (Å²) in [4.78, 5) is 17.6. The summed E-state index contributed by atoms with van der Waals surface area (Å²) in [6.45, 7) is 6.82. The van der Waals surface area contributed by atoms with Crippen LogP contribution in [0.3, 0.4) is 0 Å². The second-order valence-electron chi connectivity index (χ2n) is 5.83. The van der Waals surface area contributed by atoms with Crippen molar-refractivity contribution in [2.24, 2.45) is 4.99 Å². The van der Waals surface area contributed by atoms with Gasteiger partial charge in [0.15, 0.2) is 16.3 Å². The van der Waals surface area contributed by atoms with Crippen LogP contribution in [0.5, 0.6) is 17.2 Å². The maximum atomic E-state index is 12.7. The van der Waals surface area contributed by atoms with E-state index in [4.69, 9.17) is 14.2 Å². The highest BCUT2D eigenvalue weighted by Crippen LogP contribution is 2.33. The second-order valence-corrected chi connectivity index (χ2v) is 6.84. The second kappa shape index (κ2) is 8.75. The van der Waals surface area contributed by atoms with E-state index >= 15 is 0 Å². The fraction of sp³-hybridized carbons (Fsp3) is 0.238. The molecule has 0 N–H and O–H groups in total. The molecular formula is C21H22N2O4S. The van der Waals surface area contributed by atoms with Crippen molar-refractivity contribution in [1.29, 1.82) is 0 Å². The Morgan fingerprint density at radius 2 is 1.86 bits per heavy atom. The monoisotopic (exact) mass is 398 g/mol. The highest BCUT2D eigenvalue weighted by molar-refractivity contribution is 7.16. The molecule has 3 rings (SSSR count). The van der Waals surface area contributed by atoms with E-state index in [9.17, 15) is 4.79 Å². The molecular weight excluding hydrogens is 376 g/mol. The summed E-state index contributed by atoms with van der Waals surface area (Å²) < 4.78 is 19.1. The van der Waals surface area contributed by atoms with Crippen LogP contribution in [0.2, 0.25) is 0 Å². The number of fused-ring (bicyclic) bond motifs is 1. The summed E-state index contributed by atoms with van der Waals surface area (Å²) in [5.41, 5.74) is 1.40. The van der Waals surface area contributed by atoms with Crippen LogP contribution in [0.15, 0.2) is 54.0 Å². The van der Waals surface area contributed by atoms with Gasteiger partial charge in [0.25, 0.3) is 5.91 Å². The highest BCUT2D eigenvalue weighted by Gasteiger charge is 2.13. The first-order chi connectivity index (χ1) is 13.6. The number of hydrogen-bond donors (Lipinski definition) is 0. The van der Waals surface area contributed by atoms with Crippen LogP contribution in [-0.4, -0.2) is 31.3 Å². The van der Waals surface area contributed by atoms with Gasteiger partial charge in [-0.3, -0.25) is 4.79 Å². The van der Waals surface area contributed by atoms with Crippen molar-refractivity contribution in [3.8, 4) is 17.2 Å². The zero-order chi connectivity index (χ0) is 20.1. The molecule has 0 bridgehead atoms. The molecule has 28 heavy (non-hydrogen) atoms. The Labute approximate surface area is 167 Å². The van der Waals surface area contributed by atoms with E-state index in [1.165, 1.54) is 11.3 Å². The summed E-state index contributed by atoms with van der Waals surface area (Å²) >= 11 is 1.41. The molecule has 0 radical (unpaired) electrons. The van der Waals surface area contributed by atoms with Gasteiger partial charge in [-0.1, -0.05) is 17.4 Å². The average Bonchev–Trinajstić information content (AvgIpc) is 3.04. The van der Waals surface area contributed by atoms with Gasteiger partial charge in [-0.15, -0.1) is 6.58 Å². The first-order valence-corrected chi connectivity index (χ1v) is 9.61. The standard InChI is InChI=1S/C21H22N2O4S/c1-5-11-23-16-12-17(25-3)18(26-4)13-19(16)28-21(23)22-20(24)14-7-9-15(10-8-14)27-6-2/h5,7-10,12-13H,1,6,11H2,2-4H3. The number of nitrogens with zero attached hydrogens (tertiary/aromatic N) is 2. The molecule has 0 atom stereocenters. The highest BCUT2D eigenvalue weighted by atomic mass is 32.1. The molecule has 1 heterocycles. The molecule has 0 fully saturated rings. The summed E-state index contributed by atoms with van der Waals surface area (Å²) in [5, 5.41) is 0. The van der Waals surface area contributed by atoms with Crippen molar-refractivity contribution in [3.63, 3.8) is 0 Å². The number of carbonyl (C=O) groups is 1. The minimum atomic E-state index is -0.314. The molecule has 0 unspecified atom stereocenters. The van der Waals surface area contributed by atoms with E-state index in [0.717, 1.165) is 16.0 Å².